The Morgan fingerprint density at radius 2 is 2.43 bits per heavy atom. The van der Waals surface area contributed by atoms with Crippen LogP contribution in [0.4, 0.5) is 0 Å². The Balaban J connectivity index is 2.73. The highest BCUT2D eigenvalue weighted by Crippen LogP contribution is 2.21. The van der Waals surface area contributed by atoms with E-state index < -0.39 is 5.97 Å². The molecule has 1 atom stereocenters. The lowest BCUT2D eigenvalue weighted by Gasteiger charge is -2.04. The van der Waals surface area contributed by atoms with E-state index in [1.807, 2.05) is 13.0 Å². The molecule has 0 saturated heterocycles. The van der Waals surface area contributed by atoms with Gasteiger partial charge in [-0.3, -0.25) is 0 Å². The third-order valence-electron chi connectivity index (χ3n) is 1.62. The molecular formula is C10H11NO2S. The third kappa shape index (κ3) is 2.88. The fourth-order valence-electron chi connectivity index (χ4n) is 0.815. The van der Waals surface area contributed by atoms with Crippen molar-refractivity contribution in [2.75, 3.05) is 0 Å². The van der Waals surface area contributed by atoms with Gasteiger partial charge in [0.2, 0.25) is 0 Å². The Labute approximate surface area is 86.9 Å². The maximum Gasteiger partial charge on any atom is 0.337 e. The topological polar surface area (TPSA) is 50.2 Å². The van der Waals surface area contributed by atoms with E-state index in [4.69, 9.17) is 5.11 Å². The summed E-state index contributed by atoms with van der Waals surface area (Å²) in [7, 11) is 0. The predicted molar refractivity (Wildman–Crippen MR) is 56.7 cm³/mol. The van der Waals surface area contributed by atoms with E-state index in [1.165, 1.54) is 6.20 Å². The summed E-state index contributed by atoms with van der Waals surface area (Å²) >= 11 is 1.54. The normalized spacial score (nSPS) is 12.1. The molecule has 4 heteroatoms. The van der Waals surface area contributed by atoms with E-state index in [2.05, 4.69) is 11.6 Å². The molecule has 74 valence electrons. The van der Waals surface area contributed by atoms with Crippen LogP contribution in [-0.2, 0) is 0 Å². The zero-order chi connectivity index (χ0) is 10.6. The molecule has 0 bridgehead atoms. The van der Waals surface area contributed by atoms with Crippen LogP contribution in [0.3, 0.4) is 0 Å². The largest absolute Gasteiger partial charge is 0.478 e. The first-order valence-electron chi connectivity index (χ1n) is 4.12. The quantitative estimate of drug-likeness (QED) is 0.611. The molecule has 1 aromatic rings. The first-order valence-corrected chi connectivity index (χ1v) is 5.00. The first-order chi connectivity index (χ1) is 6.63. The molecule has 0 fully saturated rings. The van der Waals surface area contributed by atoms with Crippen molar-refractivity contribution in [3.05, 3.63) is 36.5 Å². The number of rotatable bonds is 4. The molecule has 0 amide bonds. The van der Waals surface area contributed by atoms with E-state index in [1.54, 1.807) is 23.9 Å². The fraction of sp³-hybridized carbons (Fsp3) is 0.200. The Bertz CT molecular complexity index is 334. The van der Waals surface area contributed by atoms with Crippen molar-refractivity contribution in [1.29, 1.82) is 0 Å². The smallest absolute Gasteiger partial charge is 0.337 e. The fourth-order valence-corrected chi connectivity index (χ4v) is 1.55. The van der Waals surface area contributed by atoms with Crippen LogP contribution in [0.1, 0.15) is 17.3 Å². The number of hydrogen-bond acceptors (Lipinski definition) is 3. The lowest BCUT2D eigenvalue weighted by atomic mass is 10.3. The molecule has 0 radical (unpaired) electrons. The summed E-state index contributed by atoms with van der Waals surface area (Å²) in [6.07, 6.45) is 3.18. The second kappa shape index (κ2) is 4.81. The molecule has 3 nitrogen and oxygen atoms in total. The molecule has 0 saturated carbocycles. The molecule has 1 rings (SSSR count). The molecule has 1 N–H and O–H groups in total. The summed E-state index contributed by atoms with van der Waals surface area (Å²) in [4.78, 5) is 14.5. The number of aromatic carboxylic acids is 1. The highest BCUT2D eigenvalue weighted by atomic mass is 32.2. The first kappa shape index (κ1) is 10.8. The van der Waals surface area contributed by atoms with Crippen molar-refractivity contribution in [1.82, 2.24) is 4.98 Å². The van der Waals surface area contributed by atoms with Gasteiger partial charge in [-0.25, -0.2) is 9.78 Å². The maximum atomic E-state index is 10.5. The average Bonchev–Trinajstić information content (AvgIpc) is 2.18. The van der Waals surface area contributed by atoms with Crippen LogP contribution in [0.25, 0.3) is 0 Å². The lowest BCUT2D eigenvalue weighted by Crippen LogP contribution is -1.97. The maximum absolute atomic E-state index is 10.5. The van der Waals surface area contributed by atoms with Crippen LogP contribution in [0, 0.1) is 0 Å². The second-order valence-corrected chi connectivity index (χ2v) is 4.15. The minimum absolute atomic E-state index is 0.209. The van der Waals surface area contributed by atoms with Crippen molar-refractivity contribution in [2.24, 2.45) is 0 Å². The van der Waals surface area contributed by atoms with Gasteiger partial charge in [0.1, 0.15) is 0 Å². The molecule has 0 aliphatic rings. The minimum atomic E-state index is -0.953. The SMILES string of the molecule is C=CC(C)Sc1ccc(C(=O)O)cn1. The molecule has 0 aliphatic carbocycles. The summed E-state index contributed by atoms with van der Waals surface area (Å²) in [5.74, 6) is -0.953. The van der Waals surface area contributed by atoms with Crippen molar-refractivity contribution in [3.63, 3.8) is 0 Å². The molecule has 0 spiro atoms. The molecule has 14 heavy (non-hydrogen) atoms. The number of thioether (sulfide) groups is 1. The van der Waals surface area contributed by atoms with Crippen LogP contribution in [0.5, 0.6) is 0 Å². The van der Waals surface area contributed by atoms with Crippen LogP contribution in [0.2, 0.25) is 0 Å². The summed E-state index contributed by atoms with van der Waals surface area (Å²) < 4.78 is 0. The van der Waals surface area contributed by atoms with Crippen molar-refractivity contribution < 1.29 is 9.90 Å². The highest BCUT2D eigenvalue weighted by Gasteiger charge is 2.04. The van der Waals surface area contributed by atoms with Gasteiger partial charge >= 0.3 is 5.97 Å². The van der Waals surface area contributed by atoms with Crippen LogP contribution >= 0.6 is 11.8 Å². The predicted octanol–water partition coefficient (Wildman–Crippen LogP) is 2.45. The average molecular weight is 209 g/mol. The molecule has 1 aromatic heterocycles. The van der Waals surface area contributed by atoms with Gasteiger partial charge in [-0.05, 0) is 19.1 Å². The van der Waals surface area contributed by atoms with Crippen molar-refractivity contribution in [2.45, 2.75) is 17.2 Å². The number of carbonyl (C=O) groups is 1. The summed E-state index contributed by atoms with van der Waals surface area (Å²) in [6, 6.07) is 3.25. The van der Waals surface area contributed by atoms with Crippen LogP contribution < -0.4 is 0 Å². The van der Waals surface area contributed by atoms with Gasteiger partial charge in [0.05, 0.1) is 10.6 Å². The van der Waals surface area contributed by atoms with Gasteiger partial charge in [-0.1, -0.05) is 17.8 Å². The zero-order valence-corrected chi connectivity index (χ0v) is 8.62. The van der Waals surface area contributed by atoms with Gasteiger partial charge in [0, 0.05) is 11.4 Å². The van der Waals surface area contributed by atoms with E-state index in [0.717, 1.165) is 5.03 Å². The molecule has 1 heterocycles. The Hall–Kier alpha value is -1.29. The van der Waals surface area contributed by atoms with Crippen molar-refractivity contribution >= 4 is 17.7 Å². The number of carboxylic acid groups (broad SMARTS) is 1. The zero-order valence-electron chi connectivity index (χ0n) is 7.80. The molecular weight excluding hydrogens is 198 g/mol. The number of nitrogens with zero attached hydrogens (tertiary/aromatic N) is 1. The van der Waals surface area contributed by atoms with Crippen LogP contribution in [0.15, 0.2) is 36.0 Å². The van der Waals surface area contributed by atoms with Gasteiger partial charge in [-0.15, -0.1) is 6.58 Å². The minimum Gasteiger partial charge on any atom is -0.478 e. The summed E-state index contributed by atoms with van der Waals surface area (Å²) in [5, 5.41) is 9.72. The number of carboxylic acids is 1. The summed E-state index contributed by atoms with van der Waals surface area (Å²) in [6.45, 7) is 5.66. The van der Waals surface area contributed by atoms with Gasteiger partial charge in [-0.2, -0.15) is 0 Å². The Morgan fingerprint density at radius 3 is 2.86 bits per heavy atom. The number of hydrogen-bond donors (Lipinski definition) is 1. The van der Waals surface area contributed by atoms with E-state index in [0.29, 0.717) is 0 Å². The van der Waals surface area contributed by atoms with E-state index in [-0.39, 0.29) is 10.8 Å². The number of aromatic nitrogens is 1. The standard InChI is InChI=1S/C10H11NO2S/c1-3-7(2)14-9-5-4-8(6-11-9)10(12)13/h3-7H,1H2,2H3,(H,12,13). The lowest BCUT2D eigenvalue weighted by molar-refractivity contribution is 0.0696. The van der Waals surface area contributed by atoms with E-state index in [9.17, 15) is 4.79 Å². The molecule has 0 aliphatic heterocycles. The highest BCUT2D eigenvalue weighted by molar-refractivity contribution is 8.00. The van der Waals surface area contributed by atoms with E-state index >= 15 is 0 Å². The molecule has 0 aromatic carbocycles. The van der Waals surface area contributed by atoms with Gasteiger partial charge in [0.25, 0.3) is 0 Å². The van der Waals surface area contributed by atoms with Gasteiger partial charge in [0.15, 0.2) is 0 Å². The third-order valence-corrected chi connectivity index (χ3v) is 2.67. The number of pyridine rings is 1. The summed E-state index contributed by atoms with van der Waals surface area (Å²) in [5.41, 5.74) is 0.209. The van der Waals surface area contributed by atoms with Gasteiger partial charge < -0.3 is 5.11 Å². The Kier molecular flexibility index (Phi) is 3.71. The van der Waals surface area contributed by atoms with Crippen molar-refractivity contribution in [3.8, 4) is 0 Å². The Morgan fingerprint density at radius 1 is 1.71 bits per heavy atom. The monoisotopic (exact) mass is 209 g/mol. The molecule has 1 unspecified atom stereocenters. The second-order valence-electron chi connectivity index (χ2n) is 2.75. The van der Waals surface area contributed by atoms with Crippen LogP contribution in [-0.4, -0.2) is 21.3 Å².